The number of nitrogens with zero attached hydrogens (tertiary/aromatic N) is 3. The number of rotatable bonds is 3. The van der Waals surface area contributed by atoms with E-state index in [1.54, 1.807) is 0 Å². The second kappa shape index (κ2) is 6.31. The van der Waals surface area contributed by atoms with Gasteiger partial charge in [0, 0.05) is 18.6 Å². The predicted octanol–water partition coefficient (Wildman–Crippen LogP) is 1.83. The maximum atomic E-state index is 12.8. The highest BCUT2D eigenvalue weighted by molar-refractivity contribution is 5.95. The molecule has 0 aliphatic heterocycles. The summed E-state index contributed by atoms with van der Waals surface area (Å²) in [6.45, 7) is 6.45. The van der Waals surface area contributed by atoms with Crippen molar-refractivity contribution in [1.29, 1.82) is 0 Å². The zero-order valence-corrected chi connectivity index (χ0v) is 12.6. The molecule has 5 nitrogen and oxygen atoms in total. The first-order valence-electron chi connectivity index (χ1n) is 7.40. The molecule has 2 N–H and O–H groups in total. The first kappa shape index (κ1) is 14.9. The number of aromatic nitrogens is 2. The lowest BCUT2D eigenvalue weighted by Crippen LogP contribution is -2.44. The predicted molar refractivity (Wildman–Crippen MR) is 78.4 cm³/mol. The van der Waals surface area contributed by atoms with E-state index in [4.69, 9.17) is 5.73 Å². The average Bonchev–Trinajstić information content (AvgIpc) is 2.44. The highest BCUT2D eigenvalue weighted by Gasteiger charge is 2.28. The quantitative estimate of drug-likeness (QED) is 0.914. The van der Waals surface area contributed by atoms with Crippen molar-refractivity contribution in [3.63, 3.8) is 0 Å². The molecule has 20 heavy (non-hydrogen) atoms. The van der Waals surface area contributed by atoms with Crippen molar-refractivity contribution in [2.75, 3.05) is 6.54 Å². The molecule has 0 unspecified atom stereocenters. The summed E-state index contributed by atoms with van der Waals surface area (Å²) in [7, 11) is 0. The standard InChI is InChI=1S/C15H24N4O/c1-4-19(13-7-5-12(16)6-8-13)15(20)14-9-10(2)17-18-11(14)3/h9,12-13H,4-8,16H2,1-3H3. The minimum absolute atomic E-state index is 0.0727. The van der Waals surface area contributed by atoms with E-state index in [-0.39, 0.29) is 5.91 Å². The van der Waals surface area contributed by atoms with Crippen molar-refractivity contribution < 1.29 is 4.79 Å². The Kier molecular flexibility index (Phi) is 4.70. The maximum absolute atomic E-state index is 12.8. The van der Waals surface area contributed by atoms with Crippen molar-refractivity contribution in [1.82, 2.24) is 15.1 Å². The van der Waals surface area contributed by atoms with Crippen molar-refractivity contribution in [2.24, 2.45) is 5.73 Å². The fraction of sp³-hybridized carbons (Fsp3) is 0.667. The second-order valence-corrected chi connectivity index (χ2v) is 5.64. The number of nitrogens with two attached hydrogens (primary N) is 1. The molecule has 1 aromatic rings. The molecule has 2 rings (SSSR count). The van der Waals surface area contributed by atoms with Crippen LogP contribution in [-0.2, 0) is 0 Å². The van der Waals surface area contributed by atoms with Gasteiger partial charge in [0.1, 0.15) is 0 Å². The fourth-order valence-electron chi connectivity index (χ4n) is 2.90. The van der Waals surface area contributed by atoms with Gasteiger partial charge >= 0.3 is 0 Å². The molecule has 1 amide bonds. The van der Waals surface area contributed by atoms with Gasteiger partial charge in [-0.25, -0.2) is 0 Å². The normalized spacial score (nSPS) is 22.6. The Morgan fingerprint density at radius 1 is 1.30 bits per heavy atom. The SMILES string of the molecule is CCN(C(=O)c1cc(C)nnc1C)C1CCC(N)CC1. The molecular weight excluding hydrogens is 252 g/mol. The lowest BCUT2D eigenvalue weighted by atomic mass is 9.90. The smallest absolute Gasteiger partial charge is 0.256 e. The van der Waals surface area contributed by atoms with Crippen LogP contribution in [0.4, 0.5) is 0 Å². The van der Waals surface area contributed by atoms with Crippen LogP contribution < -0.4 is 5.73 Å². The van der Waals surface area contributed by atoms with E-state index in [0.29, 0.717) is 23.3 Å². The molecule has 1 saturated carbocycles. The molecular formula is C15H24N4O. The van der Waals surface area contributed by atoms with Crippen molar-refractivity contribution in [3.8, 4) is 0 Å². The van der Waals surface area contributed by atoms with Gasteiger partial charge in [-0.3, -0.25) is 4.79 Å². The van der Waals surface area contributed by atoms with E-state index in [2.05, 4.69) is 10.2 Å². The molecule has 0 spiro atoms. The molecule has 1 aliphatic carbocycles. The largest absolute Gasteiger partial charge is 0.336 e. The molecule has 0 radical (unpaired) electrons. The van der Waals surface area contributed by atoms with Crippen LogP contribution in [0.15, 0.2) is 6.07 Å². The summed E-state index contributed by atoms with van der Waals surface area (Å²) in [5.74, 6) is 0.0727. The Labute approximate surface area is 120 Å². The Morgan fingerprint density at radius 2 is 1.95 bits per heavy atom. The zero-order chi connectivity index (χ0) is 14.7. The monoisotopic (exact) mass is 276 g/mol. The third-order valence-corrected chi connectivity index (χ3v) is 4.11. The third-order valence-electron chi connectivity index (χ3n) is 4.11. The first-order valence-corrected chi connectivity index (χ1v) is 7.40. The van der Waals surface area contributed by atoms with E-state index in [0.717, 1.165) is 37.9 Å². The van der Waals surface area contributed by atoms with Crippen LogP contribution in [0.25, 0.3) is 0 Å². The van der Waals surface area contributed by atoms with Crippen LogP contribution in [0, 0.1) is 13.8 Å². The minimum atomic E-state index is 0.0727. The summed E-state index contributed by atoms with van der Waals surface area (Å²) in [6.07, 6.45) is 4.00. The minimum Gasteiger partial charge on any atom is -0.336 e. The number of hydrogen-bond donors (Lipinski definition) is 1. The number of carbonyl (C=O) groups is 1. The van der Waals surface area contributed by atoms with E-state index in [1.807, 2.05) is 31.7 Å². The topological polar surface area (TPSA) is 72.1 Å². The molecule has 1 aliphatic rings. The lowest BCUT2D eigenvalue weighted by Gasteiger charge is -2.35. The Morgan fingerprint density at radius 3 is 2.55 bits per heavy atom. The lowest BCUT2D eigenvalue weighted by molar-refractivity contribution is 0.0639. The summed E-state index contributed by atoms with van der Waals surface area (Å²) >= 11 is 0. The van der Waals surface area contributed by atoms with Crippen molar-refractivity contribution >= 4 is 5.91 Å². The van der Waals surface area contributed by atoms with Gasteiger partial charge in [-0.15, -0.1) is 0 Å². The van der Waals surface area contributed by atoms with E-state index < -0.39 is 0 Å². The fourth-order valence-corrected chi connectivity index (χ4v) is 2.90. The van der Waals surface area contributed by atoms with E-state index >= 15 is 0 Å². The molecule has 1 aromatic heterocycles. The number of aryl methyl sites for hydroxylation is 2. The van der Waals surface area contributed by atoms with Gasteiger partial charge in [0.05, 0.1) is 17.0 Å². The van der Waals surface area contributed by atoms with Gasteiger partial charge < -0.3 is 10.6 Å². The Bertz CT molecular complexity index is 481. The highest BCUT2D eigenvalue weighted by atomic mass is 16.2. The zero-order valence-electron chi connectivity index (χ0n) is 12.6. The summed E-state index contributed by atoms with van der Waals surface area (Å²) in [5.41, 5.74) is 8.10. The van der Waals surface area contributed by atoms with Gasteiger partial charge in [0.25, 0.3) is 5.91 Å². The van der Waals surface area contributed by atoms with E-state index in [9.17, 15) is 4.79 Å². The Balaban J connectivity index is 2.18. The maximum Gasteiger partial charge on any atom is 0.256 e. The first-order chi connectivity index (χ1) is 9.52. The molecule has 0 bridgehead atoms. The summed E-state index contributed by atoms with van der Waals surface area (Å²) in [5, 5.41) is 8.05. The van der Waals surface area contributed by atoms with Crippen LogP contribution in [0.3, 0.4) is 0 Å². The van der Waals surface area contributed by atoms with Crippen LogP contribution in [0.5, 0.6) is 0 Å². The van der Waals surface area contributed by atoms with Crippen LogP contribution >= 0.6 is 0 Å². The summed E-state index contributed by atoms with van der Waals surface area (Å²) < 4.78 is 0. The van der Waals surface area contributed by atoms with Crippen molar-refractivity contribution in [3.05, 3.63) is 23.0 Å². The molecule has 1 fully saturated rings. The highest BCUT2D eigenvalue weighted by Crippen LogP contribution is 2.24. The second-order valence-electron chi connectivity index (χ2n) is 5.64. The van der Waals surface area contributed by atoms with Gasteiger partial charge in [0.2, 0.25) is 0 Å². The van der Waals surface area contributed by atoms with Crippen LogP contribution in [-0.4, -0.2) is 39.6 Å². The molecule has 0 atom stereocenters. The van der Waals surface area contributed by atoms with Crippen LogP contribution in [0.2, 0.25) is 0 Å². The average molecular weight is 276 g/mol. The molecule has 5 heteroatoms. The summed E-state index contributed by atoms with van der Waals surface area (Å²) in [6, 6.07) is 2.44. The number of carbonyl (C=O) groups excluding carboxylic acids is 1. The van der Waals surface area contributed by atoms with Gasteiger partial charge in [-0.05, 0) is 52.5 Å². The Hall–Kier alpha value is -1.49. The summed E-state index contributed by atoms with van der Waals surface area (Å²) in [4.78, 5) is 14.7. The number of hydrogen-bond acceptors (Lipinski definition) is 4. The molecule has 110 valence electrons. The van der Waals surface area contributed by atoms with Gasteiger partial charge in [-0.2, -0.15) is 10.2 Å². The molecule has 1 heterocycles. The molecule has 0 saturated heterocycles. The third kappa shape index (κ3) is 3.15. The van der Waals surface area contributed by atoms with Gasteiger partial charge in [0.15, 0.2) is 0 Å². The van der Waals surface area contributed by atoms with Crippen molar-refractivity contribution in [2.45, 2.75) is 58.5 Å². The van der Waals surface area contributed by atoms with Gasteiger partial charge in [-0.1, -0.05) is 0 Å². The van der Waals surface area contributed by atoms with Crippen LogP contribution in [0.1, 0.15) is 54.4 Å². The van der Waals surface area contributed by atoms with E-state index in [1.165, 1.54) is 0 Å². The molecule has 0 aromatic carbocycles. The number of amides is 1.